The molecule has 29 heavy (non-hydrogen) atoms. The second kappa shape index (κ2) is 8.78. The van der Waals surface area contributed by atoms with Gasteiger partial charge in [0.1, 0.15) is 11.6 Å². The van der Waals surface area contributed by atoms with Gasteiger partial charge in [0.25, 0.3) is 5.91 Å². The highest BCUT2D eigenvalue weighted by molar-refractivity contribution is 6.30. The van der Waals surface area contributed by atoms with Crippen molar-refractivity contribution in [3.63, 3.8) is 0 Å². The van der Waals surface area contributed by atoms with Gasteiger partial charge in [-0.1, -0.05) is 17.7 Å². The van der Waals surface area contributed by atoms with Gasteiger partial charge >= 0.3 is 0 Å². The second-order valence-corrected chi connectivity index (χ2v) is 8.07. The van der Waals surface area contributed by atoms with Crippen LogP contribution in [-0.4, -0.2) is 46.4 Å². The SMILES string of the molecule is Cc1ncc(C(=O)N2CCC[C@@](COc3cccc(Cl)c3)(CC(N)=O)C2)c(C)n1. The van der Waals surface area contributed by atoms with Crippen LogP contribution >= 0.6 is 11.6 Å². The minimum absolute atomic E-state index is 0.140. The van der Waals surface area contributed by atoms with E-state index in [9.17, 15) is 9.59 Å². The van der Waals surface area contributed by atoms with E-state index in [-0.39, 0.29) is 18.9 Å². The van der Waals surface area contributed by atoms with Crippen LogP contribution in [-0.2, 0) is 4.79 Å². The first-order chi connectivity index (χ1) is 13.8. The lowest BCUT2D eigenvalue weighted by molar-refractivity contribution is -0.122. The molecule has 0 unspecified atom stereocenters. The van der Waals surface area contributed by atoms with Crippen molar-refractivity contribution in [2.24, 2.45) is 11.1 Å². The second-order valence-electron chi connectivity index (χ2n) is 7.64. The predicted molar refractivity (Wildman–Crippen MR) is 110 cm³/mol. The molecule has 2 heterocycles. The van der Waals surface area contributed by atoms with E-state index in [4.69, 9.17) is 22.1 Å². The molecule has 154 valence electrons. The van der Waals surface area contributed by atoms with Crippen molar-refractivity contribution in [1.82, 2.24) is 14.9 Å². The summed E-state index contributed by atoms with van der Waals surface area (Å²) in [5.74, 6) is 0.686. The Labute approximate surface area is 175 Å². The Morgan fingerprint density at radius 1 is 1.34 bits per heavy atom. The molecule has 2 N–H and O–H groups in total. The number of carbonyl (C=O) groups is 2. The standard InChI is InChI=1S/C21H25ClN4O3/c1-14-18(11-24-15(2)25-14)20(28)26-8-4-7-21(12-26,10-19(23)27)13-29-17-6-3-5-16(22)9-17/h3,5-6,9,11H,4,7-8,10,12-13H2,1-2H3,(H2,23,27)/t21-/m1/s1. The minimum Gasteiger partial charge on any atom is -0.493 e. The first kappa shape index (κ1) is 21.0. The molecule has 8 heteroatoms. The highest BCUT2D eigenvalue weighted by Crippen LogP contribution is 2.35. The van der Waals surface area contributed by atoms with Gasteiger partial charge in [-0.25, -0.2) is 9.97 Å². The first-order valence-corrected chi connectivity index (χ1v) is 9.92. The number of hydrogen-bond acceptors (Lipinski definition) is 5. The quantitative estimate of drug-likeness (QED) is 0.780. The zero-order valence-electron chi connectivity index (χ0n) is 16.7. The number of amides is 2. The van der Waals surface area contributed by atoms with E-state index in [1.54, 1.807) is 43.1 Å². The lowest BCUT2D eigenvalue weighted by Crippen LogP contribution is -2.50. The molecule has 0 radical (unpaired) electrons. The molecule has 1 aliphatic heterocycles. The molecule has 2 aromatic rings. The number of carbonyl (C=O) groups excluding carboxylic acids is 2. The molecule has 2 amide bonds. The molecular weight excluding hydrogens is 392 g/mol. The average Bonchev–Trinajstić information content (AvgIpc) is 2.66. The Morgan fingerprint density at radius 2 is 2.14 bits per heavy atom. The van der Waals surface area contributed by atoms with Crippen molar-refractivity contribution in [1.29, 1.82) is 0 Å². The molecule has 1 aromatic heterocycles. The summed E-state index contributed by atoms with van der Waals surface area (Å²) in [7, 11) is 0. The number of ether oxygens (including phenoxy) is 1. The zero-order chi connectivity index (χ0) is 21.0. The van der Waals surface area contributed by atoms with Gasteiger partial charge in [-0.15, -0.1) is 0 Å². The number of hydrogen-bond donors (Lipinski definition) is 1. The number of rotatable bonds is 6. The number of likely N-dealkylation sites (tertiary alicyclic amines) is 1. The Morgan fingerprint density at radius 3 is 2.83 bits per heavy atom. The number of primary amides is 1. The maximum absolute atomic E-state index is 13.1. The molecule has 1 aliphatic rings. The van der Waals surface area contributed by atoms with Gasteiger partial charge in [0.15, 0.2) is 0 Å². The van der Waals surface area contributed by atoms with Crippen LogP contribution in [0, 0.1) is 19.3 Å². The highest BCUT2D eigenvalue weighted by atomic mass is 35.5. The van der Waals surface area contributed by atoms with Gasteiger partial charge < -0.3 is 15.4 Å². The van der Waals surface area contributed by atoms with Crippen molar-refractivity contribution in [2.45, 2.75) is 33.1 Å². The summed E-state index contributed by atoms with van der Waals surface area (Å²) in [6.45, 7) is 4.83. The fourth-order valence-corrected chi connectivity index (χ4v) is 4.00. The smallest absolute Gasteiger partial charge is 0.257 e. The Hall–Kier alpha value is -2.67. The molecule has 3 rings (SSSR count). The summed E-state index contributed by atoms with van der Waals surface area (Å²) < 4.78 is 5.95. The molecule has 1 aromatic carbocycles. The number of piperidine rings is 1. The molecule has 1 fully saturated rings. The van der Waals surface area contributed by atoms with Crippen LogP contribution in [0.1, 0.15) is 41.1 Å². The van der Waals surface area contributed by atoms with Crippen LogP contribution in [0.3, 0.4) is 0 Å². The van der Waals surface area contributed by atoms with E-state index in [2.05, 4.69) is 9.97 Å². The van der Waals surface area contributed by atoms with E-state index < -0.39 is 11.3 Å². The fraction of sp³-hybridized carbons (Fsp3) is 0.429. The first-order valence-electron chi connectivity index (χ1n) is 9.54. The van der Waals surface area contributed by atoms with E-state index in [0.29, 0.717) is 40.9 Å². The Kier molecular flexibility index (Phi) is 6.37. The summed E-state index contributed by atoms with van der Waals surface area (Å²) in [5, 5.41) is 0.571. The Bertz CT molecular complexity index is 921. The van der Waals surface area contributed by atoms with Crippen molar-refractivity contribution in [3.8, 4) is 5.75 Å². The summed E-state index contributed by atoms with van der Waals surface area (Å²) in [5.41, 5.74) is 6.10. The molecule has 1 atom stereocenters. The molecule has 1 saturated heterocycles. The lowest BCUT2D eigenvalue weighted by atomic mass is 9.77. The van der Waals surface area contributed by atoms with Gasteiger partial charge in [-0.2, -0.15) is 0 Å². The third kappa shape index (κ3) is 5.23. The van der Waals surface area contributed by atoms with E-state index in [1.165, 1.54) is 0 Å². The zero-order valence-corrected chi connectivity index (χ0v) is 17.4. The Balaban J connectivity index is 1.79. The van der Waals surface area contributed by atoms with Crippen LogP contribution in [0.15, 0.2) is 30.5 Å². The van der Waals surface area contributed by atoms with E-state index in [0.717, 1.165) is 12.8 Å². The topological polar surface area (TPSA) is 98.4 Å². The number of aromatic nitrogens is 2. The maximum atomic E-state index is 13.1. The van der Waals surface area contributed by atoms with Crippen LogP contribution in [0.5, 0.6) is 5.75 Å². The summed E-state index contributed by atoms with van der Waals surface area (Å²) in [4.78, 5) is 35.1. The average molecular weight is 417 g/mol. The number of nitrogens with two attached hydrogens (primary N) is 1. The van der Waals surface area contributed by atoms with E-state index >= 15 is 0 Å². The van der Waals surface area contributed by atoms with Crippen molar-refractivity contribution < 1.29 is 14.3 Å². The van der Waals surface area contributed by atoms with Gasteiger partial charge in [0.05, 0.1) is 17.9 Å². The molecule has 0 aliphatic carbocycles. The summed E-state index contributed by atoms with van der Waals surface area (Å²) >= 11 is 6.02. The van der Waals surface area contributed by atoms with E-state index in [1.807, 2.05) is 6.07 Å². The predicted octanol–water partition coefficient (Wildman–Crippen LogP) is 2.92. The van der Waals surface area contributed by atoms with Gasteiger partial charge in [0, 0.05) is 36.1 Å². The van der Waals surface area contributed by atoms with Crippen LogP contribution in [0.2, 0.25) is 5.02 Å². The van der Waals surface area contributed by atoms with Crippen molar-refractivity contribution >= 4 is 23.4 Å². The van der Waals surface area contributed by atoms with Gasteiger partial charge in [0.2, 0.25) is 5.91 Å². The third-order valence-electron chi connectivity index (χ3n) is 5.17. The van der Waals surface area contributed by atoms with Crippen molar-refractivity contribution in [3.05, 3.63) is 52.6 Å². The molecule has 0 bridgehead atoms. The van der Waals surface area contributed by atoms with Crippen LogP contribution < -0.4 is 10.5 Å². The normalized spacial score (nSPS) is 19.1. The summed E-state index contributed by atoms with van der Waals surface area (Å²) in [6, 6.07) is 7.09. The highest BCUT2D eigenvalue weighted by Gasteiger charge is 2.40. The lowest BCUT2D eigenvalue weighted by Gasteiger charge is -2.42. The fourth-order valence-electron chi connectivity index (χ4n) is 3.82. The maximum Gasteiger partial charge on any atom is 0.257 e. The monoisotopic (exact) mass is 416 g/mol. The molecular formula is C21H25ClN4O3. The third-order valence-corrected chi connectivity index (χ3v) is 5.40. The van der Waals surface area contributed by atoms with Crippen molar-refractivity contribution in [2.75, 3.05) is 19.7 Å². The largest absolute Gasteiger partial charge is 0.493 e. The number of halogens is 1. The van der Waals surface area contributed by atoms with Crippen LogP contribution in [0.4, 0.5) is 0 Å². The van der Waals surface area contributed by atoms with Gasteiger partial charge in [-0.3, -0.25) is 9.59 Å². The molecule has 0 saturated carbocycles. The van der Waals surface area contributed by atoms with Gasteiger partial charge in [-0.05, 0) is 44.9 Å². The number of aryl methyl sites for hydroxylation is 2. The number of benzene rings is 1. The molecule has 0 spiro atoms. The molecule has 7 nitrogen and oxygen atoms in total. The van der Waals surface area contributed by atoms with Crippen LogP contribution in [0.25, 0.3) is 0 Å². The number of nitrogens with zero attached hydrogens (tertiary/aromatic N) is 3. The minimum atomic E-state index is -0.554. The summed E-state index contributed by atoms with van der Waals surface area (Å²) in [6.07, 6.45) is 3.20.